The molecule has 0 bridgehead atoms. The van der Waals surface area contributed by atoms with Crippen LogP contribution in [0.1, 0.15) is 56.2 Å². The van der Waals surface area contributed by atoms with Gasteiger partial charge in [0.15, 0.2) is 0 Å². The fourth-order valence-electron chi connectivity index (χ4n) is 6.11. The topological polar surface area (TPSA) is 51.0 Å². The van der Waals surface area contributed by atoms with E-state index < -0.39 is 0 Å². The summed E-state index contributed by atoms with van der Waals surface area (Å²) in [7, 11) is 0. The summed E-state index contributed by atoms with van der Waals surface area (Å²) in [5, 5.41) is 1.31. The Kier molecular flexibility index (Phi) is 10.9. The van der Waals surface area contributed by atoms with Crippen LogP contribution in [0.4, 0.5) is 0 Å². The monoisotopic (exact) mass is 585 g/mol. The summed E-state index contributed by atoms with van der Waals surface area (Å²) in [5.74, 6) is 1.89. The Morgan fingerprint density at radius 3 is 1.81 bits per heavy atom. The third-order valence-electron chi connectivity index (χ3n) is 8.51. The Morgan fingerprint density at radius 1 is 0.667 bits per heavy atom. The molecule has 0 aliphatic carbocycles. The first-order valence-electron chi connectivity index (χ1n) is 15.4. The quantitative estimate of drug-likeness (QED) is 0.186. The average Bonchev–Trinajstić information content (AvgIpc) is 3.67. The van der Waals surface area contributed by atoms with Gasteiger partial charge in [-0.05, 0) is 128 Å². The standard InChI is InChI=1S/C35H43N3O2S.CH4/c36-26-28-8-15-32-33(24-27-6-11-30(12-7-27)39-22-20-37-16-2-1-3-17-37)35(41-34(32)25-28)29-9-13-31(14-10-29)40-23-21-38-18-4-5-19-38;/h6-15,25H,1-5,16-24,26,36H2;1H4. The zero-order valence-corrected chi connectivity index (χ0v) is 25.0. The first-order valence-corrected chi connectivity index (χ1v) is 16.2. The van der Waals surface area contributed by atoms with Crippen LogP contribution in [0, 0.1) is 0 Å². The molecule has 0 amide bonds. The fraction of sp³-hybridized carbons (Fsp3) is 0.444. The molecular formula is C36H47N3O2S. The van der Waals surface area contributed by atoms with E-state index in [-0.39, 0.29) is 7.43 Å². The fourth-order valence-corrected chi connectivity index (χ4v) is 7.41. The lowest BCUT2D eigenvalue weighted by Gasteiger charge is -2.26. The second-order valence-corrected chi connectivity index (χ2v) is 12.5. The van der Waals surface area contributed by atoms with Crippen molar-refractivity contribution >= 4 is 21.4 Å². The van der Waals surface area contributed by atoms with Crippen molar-refractivity contribution in [1.82, 2.24) is 9.80 Å². The van der Waals surface area contributed by atoms with Crippen molar-refractivity contribution in [2.45, 2.75) is 52.5 Å². The predicted octanol–water partition coefficient (Wildman–Crippen LogP) is 7.59. The first kappa shape index (κ1) is 30.6. The molecule has 0 saturated carbocycles. The highest BCUT2D eigenvalue weighted by atomic mass is 32.1. The second kappa shape index (κ2) is 15.0. The number of rotatable bonds is 12. The number of ether oxygens (including phenoxy) is 2. The maximum Gasteiger partial charge on any atom is 0.119 e. The number of thiophene rings is 1. The molecular weight excluding hydrogens is 538 g/mol. The smallest absolute Gasteiger partial charge is 0.119 e. The molecule has 4 aromatic rings. The second-order valence-electron chi connectivity index (χ2n) is 11.4. The largest absolute Gasteiger partial charge is 0.492 e. The van der Waals surface area contributed by atoms with Crippen LogP contribution in [-0.2, 0) is 13.0 Å². The highest BCUT2D eigenvalue weighted by molar-refractivity contribution is 7.22. The highest BCUT2D eigenvalue weighted by Crippen LogP contribution is 2.41. The zero-order chi connectivity index (χ0) is 27.9. The van der Waals surface area contributed by atoms with Crippen molar-refractivity contribution in [2.24, 2.45) is 5.73 Å². The molecule has 2 aliphatic rings. The zero-order valence-electron chi connectivity index (χ0n) is 24.2. The van der Waals surface area contributed by atoms with Gasteiger partial charge in [-0.15, -0.1) is 11.3 Å². The van der Waals surface area contributed by atoms with Crippen molar-refractivity contribution < 1.29 is 9.47 Å². The van der Waals surface area contributed by atoms with Crippen LogP contribution < -0.4 is 15.2 Å². The molecule has 2 aliphatic heterocycles. The molecule has 42 heavy (non-hydrogen) atoms. The molecule has 3 heterocycles. The van der Waals surface area contributed by atoms with E-state index in [9.17, 15) is 0 Å². The van der Waals surface area contributed by atoms with Gasteiger partial charge in [0.2, 0.25) is 0 Å². The van der Waals surface area contributed by atoms with Gasteiger partial charge < -0.3 is 15.2 Å². The number of fused-ring (bicyclic) bond motifs is 1. The number of benzene rings is 3. The predicted molar refractivity (Wildman–Crippen MR) is 178 cm³/mol. The van der Waals surface area contributed by atoms with E-state index in [2.05, 4.69) is 76.5 Å². The van der Waals surface area contributed by atoms with Gasteiger partial charge in [-0.2, -0.15) is 0 Å². The van der Waals surface area contributed by atoms with Crippen molar-refractivity contribution in [3.05, 3.63) is 83.4 Å². The summed E-state index contributed by atoms with van der Waals surface area (Å²) >= 11 is 1.86. The molecule has 6 heteroatoms. The van der Waals surface area contributed by atoms with Crippen LogP contribution in [0.25, 0.3) is 20.5 Å². The molecule has 2 N–H and O–H groups in total. The van der Waals surface area contributed by atoms with Crippen molar-refractivity contribution in [1.29, 1.82) is 0 Å². The third kappa shape index (κ3) is 7.73. The highest BCUT2D eigenvalue weighted by Gasteiger charge is 2.16. The lowest BCUT2D eigenvalue weighted by molar-refractivity contribution is 0.183. The number of hydrogen-bond acceptors (Lipinski definition) is 6. The molecule has 5 nitrogen and oxygen atoms in total. The number of likely N-dealkylation sites (tertiary alicyclic amines) is 2. The molecule has 6 rings (SSSR count). The SMILES string of the molecule is C.NCc1ccc2c(Cc3ccc(OCCN4CCCCC4)cc3)c(-c3ccc(OCCN4CCCC4)cc3)sc2c1. The summed E-state index contributed by atoms with van der Waals surface area (Å²) in [4.78, 5) is 6.33. The number of nitrogens with two attached hydrogens (primary N) is 1. The van der Waals surface area contributed by atoms with Crippen molar-refractivity contribution in [3.8, 4) is 21.9 Å². The van der Waals surface area contributed by atoms with E-state index in [1.165, 1.54) is 95.5 Å². The molecule has 0 spiro atoms. The summed E-state index contributed by atoms with van der Waals surface area (Å²) in [6, 6.07) is 24.0. The Labute approximate surface area is 256 Å². The van der Waals surface area contributed by atoms with E-state index in [0.29, 0.717) is 6.54 Å². The Morgan fingerprint density at radius 2 is 1.21 bits per heavy atom. The van der Waals surface area contributed by atoms with Crippen molar-refractivity contribution in [2.75, 3.05) is 52.5 Å². The van der Waals surface area contributed by atoms with Crippen LogP contribution in [-0.4, -0.2) is 62.3 Å². The minimum absolute atomic E-state index is 0. The summed E-state index contributed by atoms with van der Waals surface area (Å²) in [6.07, 6.45) is 7.51. The maximum absolute atomic E-state index is 6.09. The Balaban J connectivity index is 0.00000353. The van der Waals surface area contributed by atoms with Gasteiger partial charge in [0.1, 0.15) is 24.7 Å². The molecule has 0 unspecified atom stereocenters. The van der Waals surface area contributed by atoms with E-state index in [1.54, 1.807) is 0 Å². The first-order chi connectivity index (χ1) is 20.2. The lowest BCUT2D eigenvalue weighted by Crippen LogP contribution is -2.33. The normalized spacial score (nSPS) is 16.0. The number of piperidine rings is 1. The van der Waals surface area contributed by atoms with Gasteiger partial charge in [-0.1, -0.05) is 38.1 Å². The molecule has 3 aromatic carbocycles. The van der Waals surface area contributed by atoms with Gasteiger partial charge in [0, 0.05) is 29.2 Å². The summed E-state index contributed by atoms with van der Waals surface area (Å²) in [5.41, 5.74) is 11.0. The molecule has 224 valence electrons. The minimum Gasteiger partial charge on any atom is -0.492 e. The maximum atomic E-state index is 6.09. The van der Waals surface area contributed by atoms with Gasteiger partial charge in [-0.3, -0.25) is 9.80 Å². The van der Waals surface area contributed by atoms with Crippen LogP contribution in [0.2, 0.25) is 0 Å². The van der Waals surface area contributed by atoms with Crippen LogP contribution in [0.5, 0.6) is 11.5 Å². The lowest BCUT2D eigenvalue weighted by atomic mass is 9.98. The van der Waals surface area contributed by atoms with Crippen LogP contribution >= 0.6 is 11.3 Å². The molecule has 1 aromatic heterocycles. The minimum atomic E-state index is 0. The Bertz CT molecular complexity index is 1390. The van der Waals surface area contributed by atoms with Gasteiger partial charge in [-0.25, -0.2) is 0 Å². The van der Waals surface area contributed by atoms with E-state index >= 15 is 0 Å². The molecule has 0 atom stereocenters. The number of nitrogens with zero attached hydrogens (tertiary/aromatic N) is 2. The number of hydrogen-bond donors (Lipinski definition) is 1. The van der Waals surface area contributed by atoms with Crippen LogP contribution in [0.3, 0.4) is 0 Å². The summed E-state index contributed by atoms with van der Waals surface area (Å²) in [6.45, 7) is 8.90. The van der Waals surface area contributed by atoms with E-state index in [4.69, 9.17) is 15.2 Å². The van der Waals surface area contributed by atoms with E-state index in [0.717, 1.165) is 44.2 Å². The van der Waals surface area contributed by atoms with Crippen molar-refractivity contribution in [3.63, 3.8) is 0 Å². The van der Waals surface area contributed by atoms with Gasteiger partial charge in [0.05, 0.1) is 0 Å². The summed E-state index contributed by atoms with van der Waals surface area (Å²) < 4.78 is 13.5. The molecule has 2 saturated heterocycles. The molecule has 0 radical (unpaired) electrons. The molecule has 2 fully saturated rings. The Hall–Kier alpha value is -2.90. The van der Waals surface area contributed by atoms with Gasteiger partial charge in [0.25, 0.3) is 0 Å². The third-order valence-corrected chi connectivity index (χ3v) is 9.76. The van der Waals surface area contributed by atoms with Gasteiger partial charge >= 0.3 is 0 Å². The van der Waals surface area contributed by atoms with Crippen LogP contribution in [0.15, 0.2) is 66.7 Å². The average molecular weight is 586 g/mol. The van der Waals surface area contributed by atoms with E-state index in [1.807, 2.05) is 11.3 Å².